The monoisotopic (exact) mass is 299 g/mol. The normalized spacial score (nSPS) is 18.2. The first-order chi connectivity index (χ1) is 10.1. The van der Waals surface area contributed by atoms with E-state index in [2.05, 4.69) is 24.1 Å². The molecule has 1 unspecified atom stereocenters. The van der Waals surface area contributed by atoms with E-state index in [0.29, 0.717) is 25.1 Å². The van der Waals surface area contributed by atoms with Crippen LogP contribution in [0.15, 0.2) is 0 Å². The van der Waals surface area contributed by atoms with Gasteiger partial charge in [-0.2, -0.15) is 0 Å². The zero-order chi connectivity index (χ0) is 15.9. The summed E-state index contributed by atoms with van der Waals surface area (Å²) in [6.07, 6.45) is 4.34. The topological polar surface area (TPSA) is 67.6 Å². The number of methoxy groups -OCH3 is 1. The summed E-state index contributed by atoms with van der Waals surface area (Å²) in [5.74, 6) is 0.176. The highest BCUT2D eigenvalue weighted by Gasteiger charge is 2.50. The zero-order valence-electron chi connectivity index (χ0n) is 14.2. The van der Waals surface area contributed by atoms with Gasteiger partial charge in [0.1, 0.15) is 5.54 Å². The predicted octanol–water partition coefficient (Wildman–Crippen LogP) is 1.37. The first kappa shape index (κ1) is 18.4. The minimum absolute atomic E-state index is 0.208. The molecule has 0 spiro atoms. The van der Waals surface area contributed by atoms with Crippen LogP contribution < -0.4 is 11.1 Å². The molecule has 0 radical (unpaired) electrons. The molecule has 0 saturated heterocycles. The molecule has 1 aliphatic rings. The molecule has 0 aliphatic heterocycles. The molecule has 5 nitrogen and oxygen atoms in total. The predicted molar refractivity (Wildman–Crippen MR) is 86.1 cm³/mol. The smallest absolute Gasteiger partial charge is 0.239 e. The lowest BCUT2D eigenvalue weighted by atomic mass is 9.90. The molecule has 1 amide bonds. The first-order valence-electron chi connectivity index (χ1n) is 8.33. The number of rotatable bonds is 12. The molecular formula is C16H33N3O2. The molecule has 1 rings (SSSR count). The largest absolute Gasteiger partial charge is 0.383 e. The molecule has 1 aliphatic carbocycles. The van der Waals surface area contributed by atoms with Crippen molar-refractivity contribution in [1.29, 1.82) is 0 Å². The Kier molecular flexibility index (Phi) is 7.63. The summed E-state index contributed by atoms with van der Waals surface area (Å²) in [7, 11) is 1.72. The zero-order valence-corrected chi connectivity index (χ0v) is 14.2. The maximum absolute atomic E-state index is 12.2. The summed E-state index contributed by atoms with van der Waals surface area (Å²) >= 11 is 0. The van der Waals surface area contributed by atoms with E-state index in [1.54, 1.807) is 7.11 Å². The highest BCUT2D eigenvalue weighted by Crippen LogP contribution is 2.40. The Morgan fingerprint density at radius 1 is 1.38 bits per heavy atom. The summed E-state index contributed by atoms with van der Waals surface area (Å²) < 4.78 is 5.24. The number of nitrogens with zero attached hydrogens (tertiary/aromatic N) is 1. The van der Waals surface area contributed by atoms with Gasteiger partial charge in [-0.05, 0) is 38.1 Å². The van der Waals surface area contributed by atoms with Gasteiger partial charge in [0.25, 0.3) is 0 Å². The first-order valence-corrected chi connectivity index (χ1v) is 8.33. The van der Waals surface area contributed by atoms with Gasteiger partial charge in [0.2, 0.25) is 5.91 Å². The fourth-order valence-electron chi connectivity index (χ4n) is 3.31. The fourth-order valence-corrected chi connectivity index (χ4v) is 3.31. The van der Waals surface area contributed by atoms with Gasteiger partial charge >= 0.3 is 0 Å². The molecule has 0 aromatic carbocycles. The Morgan fingerprint density at radius 3 is 2.38 bits per heavy atom. The van der Waals surface area contributed by atoms with E-state index in [1.165, 1.54) is 0 Å². The van der Waals surface area contributed by atoms with Crippen LogP contribution in [0.4, 0.5) is 0 Å². The SMILES string of the molecule is CCNC(CN(CCOC)C(CC)CC)(C(N)=O)C1CC1. The Bertz CT molecular complexity index is 317. The van der Waals surface area contributed by atoms with Gasteiger partial charge in [0.15, 0.2) is 0 Å². The highest BCUT2D eigenvalue weighted by atomic mass is 16.5. The van der Waals surface area contributed by atoms with Crippen molar-refractivity contribution >= 4 is 5.91 Å². The Labute approximate surface area is 129 Å². The highest BCUT2D eigenvalue weighted by molar-refractivity contribution is 5.86. The van der Waals surface area contributed by atoms with E-state index < -0.39 is 5.54 Å². The third-order valence-corrected chi connectivity index (χ3v) is 4.70. The van der Waals surface area contributed by atoms with Crippen LogP contribution in [-0.2, 0) is 9.53 Å². The van der Waals surface area contributed by atoms with Gasteiger partial charge < -0.3 is 15.8 Å². The summed E-state index contributed by atoms with van der Waals surface area (Å²) in [5.41, 5.74) is 5.22. The van der Waals surface area contributed by atoms with E-state index in [1.807, 2.05) is 6.92 Å². The van der Waals surface area contributed by atoms with Crippen LogP contribution in [0, 0.1) is 5.92 Å². The van der Waals surface area contributed by atoms with Crippen molar-refractivity contribution in [2.75, 3.05) is 33.4 Å². The van der Waals surface area contributed by atoms with Crippen LogP contribution in [0.1, 0.15) is 46.5 Å². The molecule has 0 aromatic heterocycles. The lowest BCUT2D eigenvalue weighted by Gasteiger charge is -2.40. The number of hydrogen-bond donors (Lipinski definition) is 2. The molecule has 0 bridgehead atoms. The number of carbonyl (C=O) groups is 1. The average molecular weight is 299 g/mol. The van der Waals surface area contributed by atoms with Crippen molar-refractivity contribution in [2.24, 2.45) is 11.7 Å². The second-order valence-corrected chi connectivity index (χ2v) is 6.07. The van der Waals surface area contributed by atoms with Crippen molar-refractivity contribution in [2.45, 2.75) is 58.0 Å². The average Bonchev–Trinajstić information content (AvgIpc) is 3.29. The summed E-state index contributed by atoms with van der Waals surface area (Å²) in [6.45, 7) is 9.42. The number of hydrogen-bond acceptors (Lipinski definition) is 4. The number of nitrogens with one attached hydrogen (secondary N) is 1. The van der Waals surface area contributed by atoms with Crippen LogP contribution in [0.25, 0.3) is 0 Å². The van der Waals surface area contributed by atoms with Crippen molar-refractivity contribution in [1.82, 2.24) is 10.2 Å². The lowest BCUT2D eigenvalue weighted by Crippen LogP contribution is -2.64. The minimum Gasteiger partial charge on any atom is -0.383 e. The molecule has 3 N–H and O–H groups in total. The van der Waals surface area contributed by atoms with Gasteiger partial charge in [-0.15, -0.1) is 0 Å². The number of amides is 1. The van der Waals surface area contributed by atoms with Crippen molar-refractivity contribution in [3.05, 3.63) is 0 Å². The third kappa shape index (κ3) is 4.66. The summed E-state index contributed by atoms with van der Waals surface area (Å²) in [6, 6.07) is 0.469. The van der Waals surface area contributed by atoms with Crippen LogP contribution in [0.3, 0.4) is 0 Å². The number of carbonyl (C=O) groups excluding carboxylic acids is 1. The molecule has 1 atom stereocenters. The molecule has 0 heterocycles. The van der Waals surface area contributed by atoms with E-state index in [0.717, 1.165) is 38.8 Å². The van der Waals surface area contributed by atoms with Crippen LogP contribution >= 0.6 is 0 Å². The Hall–Kier alpha value is -0.650. The van der Waals surface area contributed by atoms with Crippen LogP contribution in [0.5, 0.6) is 0 Å². The van der Waals surface area contributed by atoms with Gasteiger partial charge in [0.05, 0.1) is 6.61 Å². The summed E-state index contributed by atoms with van der Waals surface area (Å²) in [5, 5.41) is 3.41. The Balaban J connectivity index is 2.90. The van der Waals surface area contributed by atoms with E-state index >= 15 is 0 Å². The number of likely N-dealkylation sites (N-methyl/N-ethyl adjacent to an activating group) is 1. The van der Waals surface area contributed by atoms with Crippen LogP contribution in [-0.4, -0.2) is 55.7 Å². The van der Waals surface area contributed by atoms with Gasteiger partial charge in [-0.1, -0.05) is 20.8 Å². The number of nitrogens with two attached hydrogens (primary N) is 1. The second kappa shape index (κ2) is 8.71. The number of primary amides is 1. The molecule has 0 aromatic rings. The maximum Gasteiger partial charge on any atom is 0.239 e. The summed E-state index contributed by atoms with van der Waals surface area (Å²) in [4.78, 5) is 14.6. The van der Waals surface area contributed by atoms with Gasteiger partial charge in [0, 0.05) is 26.2 Å². The van der Waals surface area contributed by atoms with E-state index in [4.69, 9.17) is 10.5 Å². The molecule has 5 heteroatoms. The fraction of sp³-hybridized carbons (Fsp3) is 0.938. The molecule has 21 heavy (non-hydrogen) atoms. The molecule has 1 fully saturated rings. The van der Waals surface area contributed by atoms with Gasteiger partial charge in [-0.3, -0.25) is 9.69 Å². The van der Waals surface area contributed by atoms with Crippen LogP contribution in [0.2, 0.25) is 0 Å². The Morgan fingerprint density at radius 2 is 2.00 bits per heavy atom. The lowest BCUT2D eigenvalue weighted by molar-refractivity contribution is -0.126. The minimum atomic E-state index is -0.578. The third-order valence-electron chi connectivity index (χ3n) is 4.70. The van der Waals surface area contributed by atoms with Gasteiger partial charge in [-0.25, -0.2) is 0 Å². The van der Waals surface area contributed by atoms with E-state index in [-0.39, 0.29) is 5.91 Å². The molecule has 1 saturated carbocycles. The van der Waals surface area contributed by atoms with Crippen molar-refractivity contribution in [3.8, 4) is 0 Å². The number of ether oxygens (including phenoxy) is 1. The quantitative estimate of drug-likeness (QED) is 0.571. The van der Waals surface area contributed by atoms with Crippen molar-refractivity contribution in [3.63, 3.8) is 0 Å². The molecule has 124 valence electrons. The maximum atomic E-state index is 12.2. The molecular weight excluding hydrogens is 266 g/mol. The standard InChI is InChI=1S/C16H33N3O2/c1-5-14(6-2)19(10-11-21-4)12-16(15(17)20,18-7-3)13-8-9-13/h13-14,18H,5-12H2,1-4H3,(H2,17,20). The second-order valence-electron chi connectivity index (χ2n) is 6.07. The van der Waals surface area contributed by atoms with Crippen molar-refractivity contribution < 1.29 is 9.53 Å². The van der Waals surface area contributed by atoms with E-state index in [9.17, 15) is 4.79 Å².